The Morgan fingerprint density at radius 3 is 2.62 bits per heavy atom. The molecule has 3 aromatic rings. The highest BCUT2D eigenvalue weighted by atomic mass is 32.1. The van der Waals surface area contributed by atoms with Crippen molar-refractivity contribution in [3.63, 3.8) is 0 Å². The predicted molar refractivity (Wildman–Crippen MR) is 124 cm³/mol. The SMILES string of the molecule is C[C@H]1C[C@H](C)CN(C(=O)c2ccc3c(=O)n(Cc4ccc5c(c4)OCO5)c(=S)[nH]c3c2)C1. The van der Waals surface area contributed by atoms with Gasteiger partial charge in [0.25, 0.3) is 11.5 Å². The van der Waals surface area contributed by atoms with Gasteiger partial charge in [-0.3, -0.25) is 14.2 Å². The zero-order valence-electron chi connectivity index (χ0n) is 18.1. The van der Waals surface area contributed by atoms with Crippen LogP contribution in [0.3, 0.4) is 0 Å². The van der Waals surface area contributed by atoms with Crippen LogP contribution < -0.4 is 15.0 Å². The van der Waals surface area contributed by atoms with E-state index in [9.17, 15) is 9.59 Å². The van der Waals surface area contributed by atoms with Gasteiger partial charge in [0.1, 0.15) is 0 Å². The van der Waals surface area contributed by atoms with E-state index in [0.717, 1.165) is 25.1 Å². The molecule has 2 aliphatic heterocycles. The molecule has 2 atom stereocenters. The fourth-order valence-corrected chi connectivity index (χ4v) is 5.02. The molecule has 7 nitrogen and oxygen atoms in total. The van der Waals surface area contributed by atoms with Crippen LogP contribution >= 0.6 is 12.2 Å². The summed E-state index contributed by atoms with van der Waals surface area (Å²) in [6.07, 6.45) is 1.14. The lowest BCUT2D eigenvalue weighted by atomic mass is 9.91. The van der Waals surface area contributed by atoms with E-state index in [-0.39, 0.29) is 18.3 Å². The van der Waals surface area contributed by atoms with Gasteiger partial charge < -0.3 is 19.4 Å². The second kappa shape index (κ2) is 8.09. The summed E-state index contributed by atoms with van der Waals surface area (Å²) in [5, 5.41) is 0.497. The average molecular weight is 452 g/mol. The third kappa shape index (κ3) is 3.79. The van der Waals surface area contributed by atoms with Gasteiger partial charge in [-0.15, -0.1) is 0 Å². The number of aromatic amines is 1. The number of carbonyl (C=O) groups excluding carboxylic acids is 1. The lowest BCUT2D eigenvalue weighted by Crippen LogP contribution is -2.42. The lowest BCUT2D eigenvalue weighted by Gasteiger charge is -2.35. The molecule has 0 unspecified atom stereocenters. The van der Waals surface area contributed by atoms with Gasteiger partial charge >= 0.3 is 0 Å². The van der Waals surface area contributed by atoms with Crippen LogP contribution in [0.2, 0.25) is 0 Å². The molecular weight excluding hydrogens is 426 g/mol. The van der Waals surface area contributed by atoms with Crippen LogP contribution in [0.4, 0.5) is 0 Å². The Balaban J connectivity index is 1.46. The molecule has 166 valence electrons. The minimum absolute atomic E-state index is 0.00541. The van der Waals surface area contributed by atoms with Gasteiger partial charge in [-0.2, -0.15) is 0 Å². The van der Waals surface area contributed by atoms with Crippen molar-refractivity contribution in [1.82, 2.24) is 14.5 Å². The van der Waals surface area contributed by atoms with Gasteiger partial charge in [-0.1, -0.05) is 19.9 Å². The highest BCUT2D eigenvalue weighted by Gasteiger charge is 2.26. The number of rotatable bonds is 3. The van der Waals surface area contributed by atoms with Crippen molar-refractivity contribution in [2.24, 2.45) is 11.8 Å². The zero-order chi connectivity index (χ0) is 22.4. The lowest BCUT2D eigenvalue weighted by molar-refractivity contribution is 0.0623. The van der Waals surface area contributed by atoms with E-state index in [4.69, 9.17) is 21.7 Å². The third-order valence-corrected chi connectivity index (χ3v) is 6.49. The fourth-order valence-electron chi connectivity index (χ4n) is 4.76. The molecule has 1 saturated heterocycles. The molecule has 0 aliphatic carbocycles. The van der Waals surface area contributed by atoms with E-state index < -0.39 is 0 Å². The molecule has 2 aromatic carbocycles. The standard InChI is InChI=1S/C24H25N3O4S/c1-14-7-15(2)11-26(10-14)22(28)17-4-5-18-19(9-17)25-24(32)27(23(18)29)12-16-3-6-20-21(8-16)31-13-30-20/h3-6,8-9,14-15H,7,10-13H2,1-2H3,(H,25,32)/t14-,15-/m0/s1. The van der Waals surface area contributed by atoms with E-state index in [2.05, 4.69) is 18.8 Å². The van der Waals surface area contributed by atoms with Crippen molar-refractivity contribution in [2.75, 3.05) is 19.9 Å². The van der Waals surface area contributed by atoms with E-state index in [0.29, 0.717) is 51.1 Å². The summed E-state index contributed by atoms with van der Waals surface area (Å²) < 4.78 is 12.6. The largest absolute Gasteiger partial charge is 0.454 e. The van der Waals surface area contributed by atoms with Crippen LogP contribution in [-0.4, -0.2) is 40.2 Å². The van der Waals surface area contributed by atoms with Gasteiger partial charge in [0, 0.05) is 18.7 Å². The molecule has 0 spiro atoms. The summed E-state index contributed by atoms with van der Waals surface area (Å²) >= 11 is 5.49. The number of H-pyrrole nitrogens is 1. The molecule has 1 amide bonds. The van der Waals surface area contributed by atoms with Crippen LogP contribution in [0, 0.1) is 16.6 Å². The number of hydrogen-bond donors (Lipinski definition) is 1. The Morgan fingerprint density at radius 2 is 1.84 bits per heavy atom. The Bertz CT molecular complexity index is 1320. The summed E-state index contributed by atoms with van der Waals surface area (Å²) in [6, 6.07) is 10.8. The number of hydrogen-bond acceptors (Lipinski definition) is 5. The second-order valence-electron chi connectivity index (χ2n) is 8.93. The van der Waals surface area contributed by atoms with Crippen molar-refractivity contribution >= 4 is 29.0 Å². The number of amides is 1. The van der Waals surface area contributed by atoms with Crippen molar-refractivity contribution < 1.29 is 14.3 Å². The summed E-state index contributed by atoms with van der Waals surface area (Å²) in [5.41, 5.74) is 1.83. The highest BCUT2D eigenvalue weighted by Crippen LogP contribution is 2.32. The van der Waals surface area contributed by atoms with Crippen LogP contribution in [0.5, 0.6) is 11.5 Å². The van der Waals surface area contributed by atoms with Crippen molar-refractivity contribution in [2.45, 2.75) is 26.8 Å². The normalized spacial score (nSPS) is 20.0. The Morgan fingerprint density at radius 1 is 1.09 bits per heavy atom. The third-order valence-electron chi connectivity index (χ3n) is 6.16. The molecule has 5 rings (SSSR count). The smallest absolute Gasteiger partial charge is 0.262 e. The molecule has 8 heteroatoms. The molecule has 2 aliphatic rings. The first-order chi connectivity index (χ1) is 15.4. The number of fused-ring (bicyclic) bond motifs is 2. The second-order valence-corrected chi connectivity index (χ2v) is 9.31. The van der Waals surface area contributed by atoms with Gasteiger partial charge in [0.15, 0.2) is 16.3 Å². The number of piperidine rings is 1. The number of nitrogens with one attached hydrogen (secondary N) is 1. The molecule has 0 bridgehead atoms. The predicted octanol–water partition coefficient (Wildman–Crippen LogP) is 3.95. The summed E-state index contributed by atoms with van der Waals surface area (Å²) in [7, 11) is 0. The fraction of sp³-hybridized carbons (Fsp3) is 0.375. The minimum atomic E-state index is -0.194. The number of benzene rings is 2. The van der Waals surface area contributed by atoms with Crippen molar-refractivity contribution in [3.05, 3.63) is 62.6 Å². The topological polar surface area (TPSA) is 76.6 Å². The van der Waals surface area contributed by atoms with Crippen LogP contribution in [0.1, 0.15) is 36.2 Å². The molecule has 3 heterocycles. The number of carbonyl (C=O) groups is 1. The molecule has 0 saturated carbocycles. The highest BCUT2D eigenvalue weighted by molar-refractivity contribution is 7.71. The quantitative estimate of drug-likeness (QED) is 0.610. The summed E-state index contributed by atoms with van der Waals surface area (Å²) in [4.78, 5) is 31.3. The molecule has 0 radical (unpaired) electrons. The minimum Gasteiger partial charge on any atom is -0.454 e. The first kappa shape index (κ1) is 20.8. The number of likely N-dealkylation sites (tertiary alicyclic amines) is 1. The van der Waals surface area contributed by atoms with Crippen LogP contribution in [0.15, 0.2) is 41.2 Å². The number of nitrogens with zero attached hydrogens (tertiary/aromatic N) is 2. The van der Waals surface area contributed by atoms with Crippen LogP contribution in [0.25, 0.3) is 10.9 Å². The monoisotopic (exact) mass is 451 g/mol. The van der Waals surface area contributed by atoms with E-state index in [1.165, 1.54) is 4.57 Å². The van der Waals surface area contributed by atoms with Gasteiger partial charge in [-0.05, 0) is 66.4 Å². The Hall–Kier alpha value is -3.13. The van der Waals surface area contributed by atoms with Crippen molar-refractivity contribution in [3.8, 4) is 11.5 Å². The van der Waals surface area contributed by atoms with E-state index >= 15 is 0 Å². The molecular formula is C24H25N3O4S. The number of aromatic nitrogens is 2. The summed E-state index contributed by atoms with van der Waals surface area (Å²) in [6.45, 7) is 6.38. The van der Waals surface area contributed by atoms with E-state index in [1.807, 2.05) is 23.1 Å². The number of ether oxygens (including phenoxy) is 2. The molecule has 1 N–H and O–H groups in total. The maximum absolute atomic E-state index is 13.2. The summed E-state index contributed by atoms with van der Waals surface area (Å²) in [5.74, 6) is 2.32. The maximum atomic E-state index is 13.2. The van der Waals surface area contributed by atoms with Gasteiger partial charge in [0.05, 0.1) is 17.4 Å². The first-order valence-corrected chi connectivity index (χ1v) is 11.2. The van der Waals surface area contributed by atoms with Gasteiger partial charge in [0.2, 0.25) is 6.79 Å². The maximum Gasteiger partial charge on any atom is 0.262 e. The Kier molecular flexibility index (Phi) is 5.25. The molecule has 1 fully saturated rings. The first-order valence-electron chi connectivity index (χ1n) is 10.8. The molecule has 1 aromatic heterocycles. The molecule has 32 heavy (non-hydrogen) atoms. The van der Waals surface area contributed by atoms with Gasteiger partial charge in [-0.25, -0.2) is 0 Å². The van der Waals surface area contributed by atoms with Crippen molar-refractivity contribution in [1.29, 1.82) is 0 Å². The average Bonchev–Trinajstić information content (AvgIpc) is 3.23. The zero-order valence-corrected chi connectivity index (χ0v) is 18.9. The van der Waals surface area contributed by atoms with E-state index in [1.54, 1.807) is 18.2 Å². The Labute approximate surface area is 190 Å². The van der Waals surface area contributed by atoms with Crippen LogP contribution in [-0.2, 0) is 6.54 Å².